The minimum Gasteiger partial charge on any atom is -0.302 e. The highest BCUT2D eigenvalue weighted by Crippen LogP contribution is 2.65. The van der Waals surface area contributed by atoms with Crippen LogP contribution in [0.1, 0.15) is 65.7 Å². The van der Waals surface area contributed by atoms with Crippen LogP contribution in [-0.4, -0.2) is 18.4 Å². The fraction of sp³-hybridized carbons (Fsp3) is 0.750. The lowest BCUT2D eigenvalue weighted by Crippen LogP contribution is -2.58. The standard InChI is InChI=1S/C20H28O3/c1-18(2)8-4-9-19(3)15(18)7-10-20(13-22)16(19)6-5-14(12-21)11-17(20)23/h5,12-13,15-16H,4,6-11H2,1-3H3/t15?,16?,19-,20-/m0/s1. The van der Waals surface area contributed by atoms with E-state index in [4.69, 9.17) is 0 Å². The molecule has 0 aromatic heterocycles. The predicted molar refractivity (Wildman–Crippen MR) is 88.8 cm³/mol. The average molecular weight is 316 g/mol. The third-order valence-corrected chi connectivity index (χ3v) is 7.40. The van der Waals surface area contributed by atoms with Gasteiger partial charge in [0.15, 0.2) is 5.78 Å². The molecule has 3 aliphatic rings. The summed E-state index contributed by atoms with van der Waals surface area (Å²) in [6.45, 7) is 6.98. The smallest absolute Gasteiger partial charge is 0.150 e. The molecule has 23 heavy (non-hydrogen) atoms. The topological polar surface area (TPSA) is 51.2 Å². The van der Waals surface area contributed by atoms with Gasteiger partial charge < -0.3 is 4.79 Å². The number of rotatable bonds is 2. The van der Waals surface area contributed by atoms with Gasteiger partial charge in [-0.25, -0.2) is 0 Å². The van der Waals surface area contributed by atoms with Crippen LogP contribution < -0.4 is 0 Å². The summed E-state index contributed by atoms with van der Waals surface area (Å²) >= 11 is 0. The van der Waals surface area contributed by atoms with Crippen LogP contribution in [0, 0.1) is 28.1 Å². The number of allylic oxidation sites excluding steroid dienone is 2. The van der Waals surface area contributed by atoms with Crippen molar-refractivity contribution in [2.24, 2.45) is 28.1 Å². The molecule has 0 aliphatic heterocycles. The van der Waals surface area contributed by atoms with Crippen molar-refractivity contribution in [1.82, 2.24) is 0 Å². The molecule has 0 N–H and O–H groups in total. The normalized spacial score (nSPS) is 42.7. The number of carbonyl (C=O) groups excluding carboxylic acids is 3. The van der Waals surface area contributed by atoms with Crippen LogP contribution in [0.15, 0.2) is 11.6 Å². The minimum absolute atomic E-state index is 0.00536. The second-order valence-electron chi connectivity index (χ2n) is 8.88. The van der Waals surface area contributed by atoms with Crippen LogP contribution >= 0.6 is 0 Å². The van der Waals surface area contributed by atoms with E-state index < -0.39 is 5.41 Å². The Bertz CT molecular complexity index is 573. The Hall–Kier alpha value is -1.25. The van der Waals surface area contributed by atoms with Gasteiger partial charge in [-0.15, -0.1) is 0 Å². The zero-order valence-electron chi connectivity index (χ0n) is 14.6. The summed E-state index contributed by atoms with van der Waals surface area (Å²) < 4.78 is 0. The SMILES string of the molecule is CC1(C)CCC[C@@]2(C)C1CC[C@@]1(C=O)C(=O)CC(C=O)=CCC21. The first-order valence-corrected chi connectivity index (χ1v) is 8.94. The van der Waals surface area contributed by atoms with Crippen molar-refractivity contribution in [2.75, 3.05) is 0 Å². The van der Waals surface area contributed by atoms with Crippen LogP contribution in [0.5, 0.6) is 0 Å². The van der Waals surface area contributed by atoms with Crippen molar-refractivity contribution < 1.29 is 14.4 Å². The molecule has 4 atom stereocenters. The average Bonchev–Trinajstić information content (AvgIpc) is 2.64. The Balaban J connectivity index is 2.10. The molecular weight excluding hydrogens is 288 g/mol. The van der Waals surface area contributed by atoms with Crippen LogP contribution in [-0.2, 0) is 14.4 Å². The number of ketones is 1. The molecule has 3 rings (SSSR count). The van der Waals surface area contributed by atoms with Crippen molar-refractivity contribution in [1.29, 1.82) is 0 Å². The molecule has 3 heteroatoms. The molecule has 3 aliphatic carbocycles. The molecule has 3 nitrogen and oxygen atoms in total. The van der Waals surface area contributed by atoms with E-state index in [0.717, 1.165) is 31.8 Å². The summed E-state index contributed by atoms with van der Waals surface area (Å²) in [4.78, 5) is 36.3. The van der Waals surface area contributed by atoms with Crippen molar-refractivity contribution in [3.63, 3.8) is 0 Å². The van der Waals surface area contributed by atoms with E-state index in [1.807, 2.05) is 6.08 Å². The molecule has 0 aromatic carbocycles. The highest BCUT2D eigenvalue weighted by atomic mass is 16.1. The van der Waals surface area contributed by atoms with Crippen LogP contribution in [0.4, 0.5) is 0 Å². The molecular formula is C20H28O3. The van der Waals surface area contributed by atoms with Gasteiger partial charge in [0.25, 0.3) is 0 Å². The highest BCUT2D eigenvalue weighted by Gasteiger charge is 2.62. The van der Waals surface area contributed by atoms with Crippen LogP contribution in [0.2, 0.25) is 0 Å². The molecule has 2 fully saturated rings. The summed E-state index contributed by atoms with van der Waals surface area (Å²) in [6, 6.07) is 0. The first-order chi connectivity index (χ1) is 10.8. The Morgan fingerprint density at radius 2 is 1.83 bits per heavy atom. The third-order valence-electron chi connectivity index (χ3n) is 7.40. The van der Waals surface area contributed by atoms with Gasteiger partial charge in [-0.2, -0.15) is 0 Å². The van der Waals surface area contributed by atoms with Crippen LogP contribution in [0.3, 0.4) is 0 Å². The first-order valence-electron chi connectivity index (χ1n) is 8.94. The minimum atomic E-state index is -0.875. The van der Waals surface area contributed by atoms with Gasteiger partial charge in [-0.3, -0.25) is 9.59 Å². The lowest BCUT2D eigenvalue weighted by molar-refractivity contribution is -0.162. The second-order valence-corrected chi connectivity index (χ2v) is 8.88. The summed E-state index contributed by atoms with van der Waals surface area (Å²) in [6.07, 6.45) is 9.52. The van der Waals surface area contributed by atoms with E-state index in [9.17, 15) is 14.4 Å². The van der Waals surface area contributed by atoms with Gasteiger partial charge >= 0.3 is 0 Å². The van der Waals surface area contributed by atoms with E-state index in [2.05, 4.69) is 20.8 Å². The van der Waals surface area contributed by atoms with Gasteiger partial charge in [0.05, 0.1) is 5.41 Å². The summed E-state index contributed by atoms with van der Waals surface area (Å²) in [5.74, 6) is 0.549. The molecule has 126 valence electrons. The third kappa shape index (κ3) is 2.27. The zero-order valence-corrected chi connectivity index (χ0v) is 14.6. The predicted octanol–water partition coefficient (Wildman–Crippen LogP) is 3.90. The monoisotopic (exact) mass is 316 g/mol. The first kappa shape index (κ1) is 16.6. The second kappa shape index (κ2) is 5.39. The maximum atomic E-state index is 12.9. The zero-order chi connectivity index (χ0) is 16.9. The Morgan fingerprint density at radius 1 is 1.09 bits per heavy atom. The highest BCUT2D eigenvalue weighted by molar-refractivity contribution is 6.02. The largest absolute Gasteiger partial charge is 0.302 e. The van der Waals surface area contributed by atoms with Gasteiger partial charge in [0.1, 0.15) is 12.6 Å². The number of hydrogen-bond acceptors (Lipinski definition) is 3. The quantitative estimate of drug-likeness (QED) is 0.573. The summed E-state index contributed by atoms with van der Waals surface area (Å²) in [7, 11) is 0. The summed E-state index contributed by atoms with van der Waals surface area (Å²) in [5.41, 5.74) is -0.0548. The van der Waals surface area contributed by atoms with Gasteiger partial charge in [-0.05, 0) is 60.3 Å². The summed E-state index contributed by atoms with van der Waals surface area (Å²) in [5, 5.41) is 0. The van der Waals surface area contributed by atoms with E-state index in [-0.39, 0.29) is 29.0 Å². The number of Topliss-reactive ketones (excluding diaryl/α,β-unsaturated/α-hetero) is 1. The molecule has 0 bridgehead atoms. The van der Waals surface area contributed by atoms with Crippen molar-refractivity contribution in [3.05, 3.63) is 11.6 Å². The molecule has 0 spiro atoms. The van der Waals surface area contributed by atoms with Crippen LogP contribution in [0.25, 0.3) is 0 Å². The van der Waals surface area contributed by atoms with E-state index in [1.54, 1.807) is 0 Å². The molecule has 0 amide bonds. The van der Waals surface area contributed by atoms with Gasteiger partial charge in [0, 0.05) is 6.42 Å². The lowest BCUT2D eigenvalue weighted by Gasteiger charge is -2.61. The molecule has 0 heterocycles. The molecule has 2 saturated carbocycles. The van der Waals surface area contributed by atoms with Gasteiger partial charge in [-0.1, -0.05) is 33.3 Å². The fourth-order valence-corrected chi connectivity index (χ4v) is 6.25. The van der Waals surface area contributed by atoms with E-state index in [0.29, 0.717) is 24.3 Å². The molecule has 0 radical (unpaired) electrons. The molecule has 2 unspecified atom stereocenters. The Kier molecular flexibility index (Phi) is 3.89. The van der Waals surface area contributed by atoms with Crippen molar-refractivity contribution in [2.45, 2.75) is 65.7 Å². The maximum absolute atomic E-state index is 12.9. The number of hydrogen-bond donors (Lipinski definition) is 0. The van der Waals surface area contributed by atoms with E-state index >= 15 is 0 Å². The molecule has 0 saturated heterocycles. The number of fused-ring (bicyclic) bond motifs is 3. The Labute approximate surface area is 138 Å². The van der Waals surface area contributed by atoms with Crippen molar-refractivity contribution >= 4 is 18.4 Å². The number of carbonyl (C=O) groups is 3. The molecule has 0 aromatic rings. The van der Waals surface area contributed by atoms with E-state index in [1.165, 1.54) is 6.42 Å². The fourth-order valence-electron chi connectivity index (χ4n) is 6.25. The van der Waals surface area contributed by atoms with Crippen molar-refractivity contribution in [3.8, 4) is 0 Å². The lowest BCUT2D eigenvalue weighted by atomic mass is 9.42. The van der Waals surface area contributed by atoms with Gasteiger partial charge in [0.2, 0.25) is 0 Å². The maximum Gasteiger partial charge on any atom is 0.150 e. The number of aldehydes is 2. The Morgan fingerprint density at radius 3 is 2.48 bits per heavy atom.